The molecule has 0 saturated carbocycles. The maximum absolute atomic E-state index is 13.6. The average molecular weight is 386 g/mol. The first-order valence-electron chi connectivity index (χ1n) is 7.52. The number of nitrogens with zero attached hydrogens (tertiary/aromatic N) is 3. The van der Waals surface area contributed by atoms with Gasteiger partial charge in [0.15, 0.2) is 11.5 Å². The van der Waals surface area contributed by atoms with Crippen molar-refractivity contribution >= 4 is 50.2 Å². The Morgan fingerprint density at radius 1 is 1.31 bits per heavy atom. The summed E-state index contributed by atoms with van der Waals surface area (Å²) < 4.78 is 19.4. The maximum Gasteiger partial charge on any atom is 0.270 e. The van der Waals surface area contributed by atoms with E-state index in [0.717, 1.165) is 16.9 Å². The van der Waals surface area contributed by atoms with Crippen LogP contribution in [0.3, 0.4) is 0 Å². The zero-order valence-corrected chi connectivity index (χ0v) is 14.8. The number of amides is 1. The number of halogens is 1. The fourth-order valence-electron chi connectivity index (χ4n) is 2.43. The van der Waals surface area contributed by atoms with Gasteiger partial charge in [-0.1, -0.05) is 18.2 Å². The largest absolute Gasteiger partial charge is 0.364 e. The van der Waals surface area contributed by atoms with Gasteiger partial charge < -0.3 is 9.92 Å². The molecule has 0 bridgehead atoms. The Hall–Kier alpha value is -2.62. The lowest BCUT2D eigenvalue weighted by Gasteiger charge is -2.05. The molecule has 0 radical (unpaired) electrons. The standard InChI is InChI=1S/C17H11FN4O2S2/c18-10-4-1-3-9(7-10)12-8-11-15(25-12)14(16(19)23)21-22-17(11)20-13-5-2-6-24-26-13/h1-5,7-8H,6H2,(H2,19,23). The summed E-state index contributed by atoms with van der Waals surface area (Å²) in [5, 5.41) is 9.22. The van der Waals surface area contributed by atoms with Crippen LogP contribution in [0.5, 0.6) is 0 Å². The van der Waals surface area contributed by atoms with Gasteiger partial charge in [0.05, 0.1) is 11.3 Å². The number of benzene rings is 1. The second-order valence-electron chi connectivity index (χ2n) is 5.32. The number of fused-ring (bicyclic) bond motifs is 1. The van der Waals surface area contributed by atoms with E-state index in [0.29, 0.717) is 33.1 Å². The molecule has 0 aliphatic carbocycles. The van der Waals surface area contributed by atoms with Crippen molar-refractivity contribution in [2.24, 2.45) is 10.7 Å². The van der Waals surface area contributed by atoms with E-state index in [1.807, 2.05) is 18.2 Å². The van der Waals surface area contributed by atoms with E-state index in [2.05, 4.69) is 15.2 Å². The molecule has 1 amide bonds. The van der Waals surface area contributed by atoms with E-state index in [4.69, 9.17) is 9.92 Å². The highest BCUT2D eigenvalue weighted by atomic mass is 32.2. The minimum atomic E-state index is -0.676. The van der Waals surface area contributed by atoms with Crippen LogP contribution in [0.2, 0.25) is 0 Å². The number of aromatic nitrogens is 2. The molecule has 0 unspecified atom stereocenters. The molecule has 26 heavy (non-hydrogen) atoms. The molecule has 0 spiro atoms. The zero-order valence-electron chi connectivity index (χ0n) is 13.2. The first kappa shape index (κ1) is 16.8. The van der Waals surface area contributed by atoms with Crippen molar-refractivity contribution in [3.63, 3.8) is 0 Å². The SMILES string of the molecule is NC(=O)c1nnc(N=C2C=CCOS2)c2cc(-c3cccc(F)c3)sc12. The molecule has 0 fully saturated rings. The van der Waals surface area contributed by atoms with Crippen molar-refractivity contribution in [3.05, 3.63) is 54.0 Å². The van der Waals surface area contributed by atoms with Crippen molar-refractivity contribution in [1.29, 1.82) is 0 Å². The molecular weight excluding hydrogens is 375 g/mol. The van der Waals surface area contributed by atoms with Crippen molar-refractivity contribution in [2.75, 3.05) is 6.61 Å². The predicted octanol–water partition coefficient (Wildman–Crippen LogP) is 3.86. The molecule has 1 aromatic carbocycles. The fraction of sp³-hybridized carbons (Fsp3) is 0.0588. The Bertz CT molecular complexity index is 1080. The van der Waals surface area contributed by atoms with Crippen molar-refractivity contribution in [2.45, 2.75) is 0 Å². The van der Waals surface area contributed by atoms with Crippen molar-refractivity contribution in [3.8, 4) is 10.4 Å². The van der Waals surface area contributed by atoms with E-state index >= 15 is 0 Å². The smallest absolute Gasteiger partial charge is 0.270 e. The summed E-state index contributed by atoms with van der Waals surface area (Å²) >= 11 is 2.43. The van der Waals surface area contributed by atoms with Gasteiger partial charge in [0.1, 0.15) is 10.9 Å². The highest BCUT2D eigenvalue weighted by Crippen LogP contribution is 2.38. The number of thiophene rings is 1. The molecule has 2 N–H and O–H groups in total. The van der Waals surface area contributed by atoms with Crippen molar-refractivity contribution < 1.29 is 13.4 Å². The van der Waals surface area contributed by atoms with E-state index in [9.17, 15) is 9.18 Å². The fourth-order valence-corrected chi connectivity index (χ4v) is 4.11. The molecule has 9 heteroatoms. The van der Waals surface area contributed by atoms with E-state index in [1.165, 1.54) is 23.5 Å². The van der Waals surface area contributed by atoms with Crippen LogP contribution >= 0.6 is 23.4 Å². The lowest BCUT2D eigenvalue weighted by atomic mass is 10.1. The second-order valence-corrected chi connectivity index (χ2v) is 7.19. The molecule has 1 aliphatic rings. The summed E-state index contributed by atoms with van der Waals surface area (Å²) in [6.07, 6.45) is 3.66. The van der Waals surface area contributed by atoms with Crippen LogP contribution in [0.25, 0.3) is 20.5 Å². The highest BCUT2D eigenvalue weighted by Gasteiger charge is 2.18. The van der Waals surface area contributed by atoms with Crippen LogP contribution in [-0.4, -0.2) is 27.8 Å². The molecule has 4 rings (SSSR count). The molecule has 3 aromatic rings. The van der Waals surface area contributed by atoms with Crippen LogP contribution in [0.15, 0.2) is 47.5 Å². The Morgan fingerprint density at radius 2 is 2.19 bits per heavy atom. The van der Waals surface area contributed by atoms with Gasteiger partial charge in [0.2, 0.25) is 0 Å². The van der Waals surface area contributed by atoms with Crippen molar-refractivity contribution in [1.82, 2.24) is 10.2 Å². The molecule has 2 aromatic heterocycles. The molecule has 6 nitrogen and oxygen atoms in total. The van der Waals surface area contributed by atoms with Crippen LogP contribution < -0.4 is 5.73 Å². The van der Waals surface area contributed by atoms with Gasteiger partial charge in [-0.3, -0.25) is 4.79 Å². The zero-order chi connectivity index (χ0) is 18.1. The van der Waals surface area contributed by atoms with Gasteiger partial charge >= 0.3 is 0 Å². The Balaban J connectivity index is 1.91. The minimum Gasteiger partial charge on any atom is -0.364 e. The first-order chi connectivity index (χ1) is 12.6. The number of nitrogens with two attached hydrogens (primary N) is 1. The molecule has 0 saturated heterocycles. The van der Waals surface area contributed by atoms with Gasteiger partial charge in [-0.25, -0.2) is 9.38 Å². The van der Waals surface area contributed by atoms with Gasteiger partial charge in [0, 0.05) is 22.3 Å². The van der Waals surface area contributed by atoms with Crippen LogP contribution in [0.1, 0.15) is 10.5 Å². The predicted molar refractivity (Wildman–Crippen MR) is 101 cm³/mol. The minimum absolute atomic E-state index is 0.0692. The lowest BCUT2D eigenvalue weighted by Crippen LogP contribution is -2.13. The van der Waals surface area contributed by atoms with Gasteiger partial charge in [0.25, 0.3) is 5.91 Å². The van der Waals surface area contributed by atoms with E-state index in [1.54, 1.807) is 12.1 Å². The van der Waals surface area contributed by atoms with E-state index in [-0.39, 0.29) is 11.5 Å². The maximum atomic E-state index is 13.6. The Labute approximate surface area is 155 Å². The van der Waals surface area contributed by atoms with E-state index < -0.39 is 5.91 Å². The third kappa shape index (κ3) is 3.24. The van der Waals surface area contributed by atoms with Crippen LogP contribution in [0.4, 0.5) is 10.2 Å². The Kier molecular flexibility index (Phi) is 4.49. The number of hydrogen-bond donors (Lipinski definition) is 1. The number of primary amides is 1. The quantitative estimate of drug-likeness (QED) is 0.690. The third-order valence-electron chi connectivity index (χ3n) is 3.56. The topological polar surface area (TPSA) is 90.5 Å². The number of carbonyl (C=O) groups excluding carboxylic acids is 1. The monoisotopic (exact) mass is 386 g/mol. The third-order valence-corrected chi connectivity index (χ3v) is 5.40. The summed E-state index contributed by atoms with van der Waals surface area (Å²) in [7, 11) is 0. The van der Waals surface area contributed by atoms with Gasteiger partial charge in [-0.05, 0) is 29.8 Å². The molecular formula is C17H11FN4O2S2. The lowest BCUT2D eigenvalue weighted by molar-refractivity contribution is 0.0996. The van der Waals surface area contributed by atoms with Crippen LogP contribution in [-0.2, 0) is 4.18 Å². The normalized spacial score (nSPS) is 15.7. The summed E-state index contributed by atoms with van der Waals surface area (Å²) in [5.74, 6) is -0.668. The number of carbonyl (C=O) groups is 1. The second kappa shape index (κ2) is 6.94. The van der Waals surface area contributed by atoms with Gasteiger partial charge in [-0.15, -0.1) is 21.5 Å². The molecule has 0 atom stereocenters. The highest BCUT2D eigenvalue weighted by molar-refractivity contribution is 8.10. The molecule has 130 valence electrons. The first-order valence-corrected chi connectivity index (χ1v) is 9.08. The van der Waals surface area contributed by atoms with Gasteiger partial charge in [-0.2, -0.15) is 0 Å². The molecule has 3 heterocycles. The number of hydrogen-bond acceptors (Lipinski definition) is 7. The van der Waals surface area contributed by atoms with Crippen LogP contribution in [0, 0.1) is 5.82 Å². The number of aliphatic imine (C=N–C) groups is 1. The number of rotatable bonds is 3. The Morgan fingerprint density at radius 3 is 2.92 bits per heavy atom. The summed E-state index contributed by atoms with van der Waals surface area (Å²) in [6.45, 7) is 0.507. The summed E-state index contributed by atoms with van der Waals surface area (Å²) in [6, 6.07) is 8.03. The molecule has 1 aliphatic heterocycles. The summed E-state index contributed by atoms with van der Waals surface area (Å²) in [5.41, 5.74) is 6.18. The average Bonchev–Trinajstić information content (AvgIpc) is 3.08. The summed E-state index contributed by atoms with van der Waals surface area (Å²) in [4.78, 5) is 16.9.